The van der Waals surface area contributed by atoms with Crippen molar-refractivity contribution in [3.05, 3.63) is 38.5 Å². The zero-order valence-corrected chi connectivity index (χ0v) is 6.30. The van der Waals surface area contributed by atoms with E-state index >= 15 is 0 Å². The molecule has 11 heavy (non-hydrogen) atoms. The van der Waals surface area contributed by atoms with Crippen molar-refractivity contribution in [2.45, 2.75) is 12.7 Å². The molecule has 0 saturated carbocycles. The summed E-state index contributed by atoms with van der Waals surface area (Å²) in [6.07, 6.45) is -1.79. The van der Waals surface area contributed by atoms with Crippen LogP contribution in [0.15, 0.2) is 38.5 Å². The van der Waals surface area contributed by atoms with Gasteiger partial charge in [0.05, 0.1) is 0 Å². The van der Waals surface area contributed by atoms with Gasteiger partial charge in [0.2, 0.25) is 12.7 Å². The van der Waals surface area contributed by atoms with Gasteiger partial charge in [-0.3, -0.25) is 0 Å². The van der Waals surface area contributed by atoms with Gasteiger partial charge < -0.3 is 4.74 Å². The summed E-state index contributed by atoms with van der Waals surface area (Å²) in [5.41, 5.74) is 0. The van der Waals surface area contributed by atoms with Gasteiger partial charge in [0.1, 0.15) is 0 Å². The summed E-state index contributed by atoms with van der Waals surface area (Å²) in [6, 6.07) is 0. The van der Waals surface area contributed by atoms with Crippen LogP contribution in [0.4, 0.5) is 8.78 Å². The van der Waals surface area contributed by atoms with E-state index in [2.05, 4.69) is 31.1 Å². The molecular weight excluding hydrogens is 150 g/mol. The minimum absolute atomic E-state index is 0.857. The number of ether oxygens (including phenoxy) is 1. The Hall–Kier alpha value is -0.960. The van der Waals surface area contributed by atoms with Crippen molar-refractivity contribution in [3.8, 4) is 0 Å². The molecule has 0 rings (SSSR count). The molecule has 0 aromatic rings. The van der Waals surface area contributed by atoms with Crippen LogP contribution in [-0.4, -0.2) is 12.7 Å². The fraction of sp³-hybridized carbons (Fsp3) is 0.250. The number of rotatable bonds is 4. The van der Waals surface area contributed by atoms with Crippen molar-refractivity contribution in [2.75, 3.05) is 0 Å². The molecule has 0 spiro atoms. The van der Waals surface area contributed by atoms with Gasteiger partial charge in [-0.2, -0.15) is 0 Å². The zero-order chi connectivity index (χ0) is 9.28. The molecule has 0 aromatic heterocycles. The van der Waals surface area contributed by atoms with Crippen LogP contribution in [0.25, 0.3) is 0 Å². The van der Waals surface area contributed by atoms with E-state index in [1.54, 1.807) is 0 Å². The third kappa shape index (κ3) is 9.04. The average molecular weight is 162 g/mol. The monoisotopic (exact) mass is 162 g/mol. The average Bonchev–Trinajstić information content (AvgIpc) is 2.07. The highest BCUT2D eigenvalue weighted by molar-refractivity contribution is 4.76. The Kier molecular flexibility index (Phi) is 10.4. The van der Waals surface area contributed by atoms with Crippen molar-refractivity contribution in [3.63, 3.8) is 0 Å². The van der Waals surface area contributed by atoms with Gasteiger partial charge in [-0.25, -0.2) is 8.78 Å². The lowest BCUT2D eigenvalue weighted by Gasteiger charge is -2.04. The molecule has 1 nitrogen and oxygen atoms in total. The van der Waals surface area contributed by atoms with Crippen molar-refractivity contribution in [2.24, 2.45) is 0 Å². The maximum atomic E-state index is 11.9. The maximum absolute atomic E-state index is 11.9. The highest BCUT2D eigenvalue weighted by atomic mass is 19.2. The lowest BCUT2D eigenvalue weighted by Crippen LogP contribution is -2.09. The Morgan fingerprint density at radius 1 is 1.00 bits per heavy atom. The Balaban J connectivity index is 0. The molecule has 0 aliphatic carbocycles. The zero-order valence-electron chi connectivity index (χ0n) is 6.30. The van der Waals surface area contributed by atoms with Gasteiger partial charge in [-0.05, 0) is 12.2 Å². The van der Waals surface area contributed by atoms with Crippen LogP contribution < -0.4 is 0 Å². The smallest absolute Gasteiger partial charge is 0.220 e. The van der Waals surface area contributed by atoms with E-state index in [1.807, 2.05) is 0 Å². The molecule has 0 heterocycles. The van der Waals surface area contributed by atoms with Crippen LogP contribution in [0, 0.1) is 0 Å². The SMILES string of the molecule is C=C.C=CC(F)OC(F)C=C. The Morgan fingerprint density at radius 2 is 1.27 bits per heavy atom. The first-order valence-electron chi connectivity index (χ1n) is 2.89. The summed E-state index contributed by atoms with van der Waals surface area (Å²) >= 11 is 0. The molecule has 0 amide bonds. The van der Waals surface area contributed by atoms with E-state index in [0.717, 1.165) is 12.2 Å². The number of hydrogen-bond donors (Lipinski definition) is 0. The fourth-order valence-electron chi connectivity index (χ4n) is 0.235. The largest absolute Gasteiger partial charge is 0.307 e. The van der Waals surface area contributed by atoms with Crippen molar-refractivity contribution < 1.29 is 13.5 Å². The van der Waals surface area contributed by atoms with Crippen molar-refractivity contribution in [1.82, 2.24) is 0 Å². The molecule has 0 radical (unpaired) electrons. The normalized spacial score (nSPS) is 13.6. The van der Waals surface area contributed by atoms with Crippen LogP contribution in [0.5, 0.6) is 0 Å². The lowest BCUT2D eigenvalue weighted by molar-refractivity contribution is -0.0901. The highest BCUT2D eigenvalue weighted by Crippen LogP contribution is 2.02. The first-order valence-corrected chi connectivity index (χ1v) is 2.89. The Bertz CT molecular complexity index is 103. The predicted molar refractivity (Wildman–Crippen MR) is 42.5 cm³/mol. The molecular formula is C8H12F2O. The molecule has 0 aliphatic heterocycles. The Morgan fingerprint density at radius 3 is 1.45 bits per heavy atom. The van der Waals surface area contributed by atoms with E-state index in [4.69, 9.17) is 0 Å². The van der Waals surface area contributed by atoms with Crippen LogP contribution in [0.2, 0.25) is 0 Å². The molecule has 0 aromatic carbocycles. The molecule has 0 N–H and O–H groups in total. The molecule has 2 unspecified atom stereocenters. The standard InChI is InChI=1S/C6H8F2O.C2H4/c1-3-5(7)9-6(8)4-2;1-2/h3-6H,1-2H2;1-2H2. The van der Waals surface area contributed by atoms with Gasteiger partial charge in [-0.1, -0.05) is 13.2 Å². The number of hydrogen-bond acceptors (Lipinski definition) is 1. The number of halogens is 2. The van der Waals surface area contributed by atoms with Gasteiger partial charge in [-0.15, -0.1) is 13.2 Å². The van der Waals surface area contributed by atoms with Gasteiger partial charge in [0.25, 0.3) is 0 Å². The molecule has 3 heteroatoms. The van der Waals surface area contributed by atoms with E-state index in [1.165, 1.54) is 0 Å². The molecule has 2 atom stereocenters. The molecule has 0 bridgehead atoms. The predicted octanol–water partition coefficient (Wildman–Crippen LogP) is 2.77. The van der Waals surface area contributed by atoms with Gasteiger partial charge in [0, 0.05) is 0 Å². The third-order valence-electron chi connectivity index (χ3n) is 0.631. The minimum Gasteiger partial charge on any atom is -0.307 e. The van der Waals surface area contributed by atoms with Crippen molar-refractivity contribution >= 4 is 0 Å². The second kappa shape index (κ2) is 9.04. The summed E-state index contributed by atoms with van der Waals surface area (Å²) < 4.78 is 27.9. The summed E-state index contributed by atoms with van der Waals surface area (Å²) in [6.45, 7) is 12.1. The van der Waals surface area contributed by atoms with Crippen LogP contribution in [0.3, 0.4) is 0 Å². The summed E-state index contributed by atoms with van der Waals surface area (Å²) in [4.78, 5) is 0. The van der Waals surface area contributed by atoms with E-state index in [9.17, 15) is 8.78 Å². The molecule has 64 valence electrons. The van der Waals surface area contributed by atoms with Gasteiger partial charge >= 0.3 is 0 Å². The number of alkyl halides is 2. The molecule has 0 fully saturated rings. The van der Waals surface area contributed by atoms with Crippen molar-refractivity contribution in [1.29, 1.82) is 0 Å². The summed E-state index contributed by atoms with van der Waals surface area (Å²) in [7, 11) is 0. The highest BCUT2D eigenvalue weighted by Gasteiger charge is 2.06. The minimum atomic E-state index is -1.75. The van der Waals surface area contributed by atoms with E-state index in [-0.39, 0.29) is 0 Å². The maximum Gasteiger partial charge on any atom is 0.220 e. The first-order chi connectivity index (χ1) is 5.20. The van der Waals surface area contributed by atoms with Crippen LogP contribution in [-0.2, 0) is 4.74 Å². The first kappa shape index (κ1) is 12.7. The quantitative estimate of drug-likeness (QED) is 0.577. The topological polar surface area (TPSA) is 9.23 Å². The lowest BCUT2D eigenvalue weighted by atomic mass is 10.6. The second-order valence-electron chi connectivity index (χ2n) is 1.31. The fourth-order valence-corrected chi connectivity index (χ4v) is 0.235. The Labute approximate surface area is 65.7 Å². The third-order valence-corrected chi connectivity index (χ3v) is 0.631. The van der Waals surface area contributed by atoms with Crippen LogP contribution >= 0.6 is 0 Å². The van der Waals surface area contributed by atoms with Crippen LogP contribution in [0.1, 0.15) is 0 Å². The van der Waals surface area contributed by atoms with E-state index < -0.39 is 12.7 Å². The second-order valence-corrected chi connectivity index (χ2v) is 1.31. The summed E-state index contributed by atoms with van der Waals surface area (Å²) in [5, 5.41) is 0. The molecule has 0 saturated heterocycles. The molecule has 0 aliphatic rings. The summed E-state index contributed by atoms with van der Waals surface area (Å²) in [5.74, 6) is 0. The van der Waals surface area contributed by atoms with E-state index in [0.29, 0.717) is 0 Å². The van der Waals surface area contributed by atoms with Gasteiger partial charge in [0.15, 0.2) is 0 Å².